The molecule has 1 fully saturated rings. The monoisotopic (exact) mass is 296 g/mol. The summed E-state index contributed by atoms with van der Waals surface area (Å²) < 4.78 is 5.71. The molecule has 2 aromatic carbocycles. The molecule has 0 saturated heterocycles. The third kappa shape index (κ3) is 3.79. The van der Waals surface area contributed by atoms with Crippen LogP contribution in [0.2, 0.25) is 0 Å². The van der Waals surface area contributed by atoms with Gasteiger partial charge in [-0.05, 0) is 42.5 Å². The SMILES string of the molecule is Nc1cc(C(=O)NCC2CC2)ccc1OCc1ccccc1. The minimum Gasteiger partial charge on any atom is -0.487 e. The Labute approximate surface area is 130 Å². The van der Waals surface area contributed by atoms with E-state index in [4.69, 9.17) is 10.5 Å². The van der Waals surface area contributed by atoms with Gasteiger partial charge in [0.05, 0.1) is 5.69 Å². The molecule has 0 aromatic heterocycles. The largest absolute Gasteiger partial charge is 0.487 e. The fourth-order valence-electron chi connectivity index (χ4n) is 2.22. The summed E-state index contributed by atoms with van der Waals surface area (Å²) in [5.41, 5.74) is 8.12. The third-order valence-corrected chi connectivity index (χ3v) is 3.76. The van der Waals surface area contributed by atoms with Crippen LogP contribution in [0.5, 0.6) is 5.75 Å². The van der Waals surface area contributed by atoms with Crippen LogP contribution in [0.4, 0.5) is 5.69 Å². The van der Waals surface area contributed by atoms with Gasteiger partial charge in [0.1, 0.15) is 12.4 Å². The van der Waals surface area contributed by atoms with E-state index < -0.39 is 0 Å². The molecule has 0 aliphatic heterocycles. The summed E-state index contributed by atoms with van der Waals surface area (Å²) in [6.07, 6.45) is 2.43. The molecule has 4 nitrogen and oxygen atoms in total. The molecule has 1 saturated carbocycles. The average molecular weight is 296 g/mol. The second-order valence-corrected chi connectivity index (χ2v) is 5.68. The van der Waals surface area contributed by atoms with E-state index >= 15 is 0 Å². The van der Waals surface area contributed by atoms with Crippen LogP contribution in [0.15, 0.2) is 48.5 Å². The Bertz CT molecular complexity index is 651. The first kappa shape index (κ1) is 14.4. The standard InChI is InChI=1S/C18H20N2O2/c19-16-10-15(18(21)20-11-13-6-7-13)8-9-17(16)22-12-14-4-2-1-3-5-14/h1-5,8-10,13H,6-7,11-12,19H2,(H,20,21). The number of amides is 1. The van der Waals surface area contributed by atoms with Crippen LogP contribution in [-0.4, -0.2) is 12.5 Å². The second kappa shape index (κ2) is 6.52. The Morgan fingerprint density at radius 1 is 1.18 bits per heavy atom. The van der Waals surface area contributed by atoms with Crippen molar-refractivity contribution in [3.63, 3.8) is 0 Å². The molecule has 1 aliphatic rings. The molecule has 2 aromatic rings. The molecule has 0 bridgehead atoms. The van der Waals surface area contributed by atoms with Crippen molar-refractivity contribution in [3.8, 4) is 5.75 Å². The van der Waals surface area contributed by atoms with Gasteiger partial charge in [-0.2, -0.15) is 0 Å². The number of nitrogen functional groups attached to an aromatic ring is 1. The minimum atomic E-state index is -0.0757. The first-order chi connectivity index (χ1) is 10.7. The maximum atomic E-state index is 12.0. The number of anilines is 1. The summed E-state index contributed by atoms with van der Waals surface area (Å²) in [4.78, 5) is 12.0. The van der Waals surface area contributed by atoms with Gasteiger partial charge in [0.2, 0.25) is 0 Å². The van der Waals surface area contributed by atoms with Crippen molar-refractivity contribution in [2.24, 2.45) is 5.92 Å². The normalized spacial score (nSPS) is 13.6. The summed E-state index contributed by atoms with van der Waals surface area (Å²) in [7, 11) is 0. The number of nitrogens with two attached hydrogens (primary N) is 1. The fraction of sp³-hybridized carbons (Fsp3) is 0.278. The van der Waals surface area contributed by atoms with Crippen molar-refractivity contribution < 1.29 is 9.53 Å². The fourth-order valence-corrected chi connectivity index (χ4v) is 2.22. The smallest absolute Gasteiger partial charge is 0.251 e. The van der Waals surface area contributed by atoms with E-state index in [2.05, 4.69) is 5.32 Å². The molecule has 3 rings (SSSR count). The number of hydrogen-bond acceptors (Lipinski definition) is 3. The average Bonchev–Trinajstić information content (AvgIpc) is 3.36. The van der Waals surface area contributed by atoms with Crippen LogP contribution in [0.3, 0.4) is 0 Å². The lowest BCUT2D eigenvalue weighted by Gasteiger charge is -2.11. The van der Waals surface area contributed by atoms with Crippen LogP contribution < -0.4 is 15.8 Å². The molecule has 0 unspecified atom stereocenters. The van der Waals surface area contributed by atoms with Gasteiger partial charge < -0.3 is 15.8 Å². The lowest BCUT2D eigenvalue weighted by molar-refractivity contribution is 0.0952. The van der Waals surface area contributed by atoms with Gasteiger partial charge in [-0.1, -0.05) is 30.3 Å². The van der Waals surface area contributed by atoms with E-state index in [0.29, 0.717) is 29.5 Å². The van der Waals surface area contributed by atoms with Gasteiger partial charge in [-0.25, -0.2) is 0 Å². The zero-order valence-corrected chi connectivity index (χ0v) is 12.4. The molecule has 22 heavy (non-hydrogen) atoms. The predicted molar refractivity (Wildman–Crippen MR) is 86.7 cm³/mol. The maximum absolute atomic E-state index is 12.0. The summed E-state index contributed by atoms with van der Waals surface area (Å²) in [6.45, 7) is 1.21. The molecule has 3 N–H and O–H groups in total. The van der Waals surface area contributed by atoms with Gasteiger partial charge >= 0.3 is 0 Å². The molecule has 0 atom stereocenters. The van der Waals surface area contributed by atoms with E-state index in [1.165, 1.54) is 12.8 Å². The highest BCUT2D eigenvalue weighted by Crippen LogP contribution is 2.28. The van der Waals surface area contributed by atoms with E-state index in [1.807, 2.05) is 30.3 Å². The van der Waals surface area contributed by atoms with E-state index in [0.717, 1.165) is 12.1 Å². The zero-order chi connectivity index (χ0) is 15.4. The molecular weight excluding hydrogens is 276 g/mol. The molecule has 0 heterocycles. The third-order valence-electron chi connectivity index (χ3n) is 3.76. The first-order valence-corrected chi connectivity index (χ1v) is 7.57. The van der Waals surface area contributed by atoms with Gasteiger partial charge in [0.25, 0.3) is 5.91 Å². The van der Waals surface area contributed by atoms with Gasteiger partial charge in [0, 0.05) is 12.1 Å². The van der Waals surface area contributed by atoms with Crippen LogP contribution in [-0.2, 0) is 6.61 Å². The van der Waals surface area contributed by atoms with Gasteiger partial charge in [0.15, 0.2) is 0 Å². The number of rotatable bonds is 6. The van der Waals surface area contributed by atoms with Crippen LogP contribution in [0.25, 0.3) is 0 Å². The summed E-state index contributed by atoms with van der Waals surface area (Å²) >= 11 is 0. The van der Waals surface area contributed by atoms with Crippen LogP contribution >= 0.6 is 0 Å². The molecule has 1 amide bonds. The van der Waals surface area contributed by atoms with Gasteiger partial charge in [-0.15, -0.1) is 0 Å². The lowest BCUT2D eigenvalue weighted by atomic mass is 10.1. The first-order valence-electron chi connectivity index (χ1n) is 7.57. The molecule has 1 aliphatic carbocycles. The number of ether oxygens (including phenoxy) is 1. The Kier molecular flexibility index (Phi) is 4.28. The van der Waals surface area contributed by atoms with E-state index in [9.17, 15) is 4.79 Å². The van der Waals surface area contributed by atoms with Crippen molar-refractivity contribution in [2.75, 3.05) is 12.3 Å². The Hall–Kier alpha value is -2.49. The highest BCUT2D eigenvalue weighted by Gasteiger charge is 2.22. The highest BCUT2D eigenvalue weighted by atomic mass is 16.5. The van der Waals surface area contributed by atoms with Crippen molar-refractivity contribution in [2.45, 2.75) is 19.4 Å². The summed E-state index contributed by atoms with van der Waals surface area (Å²) in [5.74, 6) is 1.19. The van der Waals surface area contributed by atoms with E-state index in [-0.39, 0.29) is 5.91 Å². The van der Waals surface area contributed by atoms with Gasteiger partial charge in [-0.3, -0.25) is 4.79 Å². The maximum Gasteiger partial charge on any atom is 0.251 e. The molecular formula is C18H20N2O2. The lowest BCUT2D eigenvalue weighted by Crippen LogP contribution is -2.25. The van der Waals surface area contributed by atoms with Crippen molar-refractivity contribution >= 4 is 11.6 Å². The Morgan fingerprint density at radius 3 is 2.64 bits per heavy atom. The summed E-state index contributed by atoms with van der Waals surface area (Å²) in [5, 5.41) is 2.93. The van der Waals surface area contributed by atoms with Crippen LogP contribution in [0.1, 0.15) is 28.8 Å². The number of nitrogens with one attached hydrogen (secondary N) is 1. The minimum absolute atomic E-state index is 0.0757. The number of carbonyl (C=O) groups excluding carboxylic acids is 1. The number of benzene rings is 2. The van der Waals surface area contributed by atoms with Crippen molar-refractivity contribution in [3.05, 3.63) is 59.7 Å². The topological polar surface area (TPSA) is 64.4 Å². The van der Waals surface area contributed by atoms with Crippen molar-refractivity contribution in [1.29, 1.82) is 0 Å². The Balaban J connectivity index is 1.60. The van der Waals surface area contributed by atoms with Crippen LogP contribution in [0, 0.1) is 5.92 Å². The Morgan fingerprint density at radius 2 is 1.95 bits per heavy atom. The second-order valence-electron chi connectivity index (χ2n) is 5.68. The van der Waals surface area contributed by atoms with E-state index in [1.54, 1.807) is 18.2 Å². The number of hydrogen-bond donors (Lipinski definition) is 2. The molecule has 0 spiro atoms. The van der Waals surface area contributed by atoms with Crippen molar-refractivity contribution in [1.82, 2.24) is 5.32 Å². The molecule has 4 heteroatoms. The highest BCUT2D eigenvalue weighted by molar-refractivity contribution is 5.95. The number of carbonyl (C=O) groups is 1. The zero-order valence-electron chi connectivity index (χ0n) is 12.4. The molecule has 0 radical (unpaired) electrons. The quantitative estimate of drug-likeness (QED) is 0.805. The predicted octanol–water partition coefficient (Wildman–Crippen LogP) is 2.99. The summed E-state index contributed by atoms with van der Waals surface area (Å²) in [6, 6.07) is 15.1. The molecule has 114 valence electrons.